The van der Waals surface area contributed by atoms with Gasteiger partial charge in [0, 0.05) is 42.8 Å². The largest absolute Gasteiger partial charge is 0.995 e. The molecule has 0 saturated carbocycles. The lowest BCUT2D eigenvalue weighted by Crippen LogP contribution is -2.31. The fraction of sp³-hybridized carbons (Fsp3) is 0. The van der Waals surface area contributed by atoms with Gasteiger partial charge in [0.1, 0.15) is 0 Å². The zero-order chi connectivity index (χ0) is 27.1. The second kappa shape index (κ2) is 9.77. The Morgan fingerprint density at radius 1 is 0.650 bits per heavy atom. The summed E-state index contributed by atoms with van der Waals surface area (Å²) in [4.78, 5) is 2.12. The SMILES string of the molecule is F[B-]1(F)OC(c2cc(N(c3ccccc3)c3ccccc3)cc3sc4ccccc4c23)=CC(c2ccccc2)=[O+]1. The van der Waals surface area contributed by atoms with Crippen molar-refractivity contribution in [2.24, 2.45) is 0 Å². The summed E-state index contributed by atoms with van der Waals surface area (Å²) in [6.07, 6.45) is 1.58. The van der Waals surface area contributed by atoms with Crippen LogP contribution in [-0.2, 0) is 4.65 Å². The number of hydrogen-bond donors (Lipinski definition) is 0. The molecular formula is C33H22BF2NO2S. The summed E-state index contributed by atoms with van der Waals surface area (Å²) in [6.45, 7) is 0. The van der Waals surface area contributed by atoms with Gasteiger partial charge in [0.05, 0.1) is 17.4 Å². The number of nitrogens with zero attached hydrogens (tertiary/aromatic N) is 1. The van der Waals surface area contributed by atoms with Gasteiger partial charge in [-0.3, -0.25) is 0 Å². The second-order valence-electron chi connectivity index (χ2n) is 9.48. The van der Waals surface area contributed by atoms with Crippen molar-refractivity contribution in [1.29, 1.82) is 0 Å². The van der Waals surface area contributed by atoms with Crippen LogP contribution in [0.2, 0.25) is 0 Å². The lowest BCUT2D eigenvalue weighted by atomic mass is 9.98. The predicted octanol–water partition coefficient (Wildman–Crippen LogP) is 9.69. The molecule has 1 aliphatic heterocycles. The first-order chi connectivity index (χ1) is 19.6. The minimum absolute atomic E-state index is 0.0755. The molecule has 1 aliphatic rings. The number of thiophene rings is 1. The van der Waals surface area contributed by atoms with Crippen LogP contribution in [0.3, 0.4) is 0 Å². The van der Waals surface area contributed by atoms with Crippen molar-refractivity contribution in [3.8, 4) is 0 Å². The lowest BCUT2D eigenvalue weighted by Gasteiger charge is -2.27. The van der Waals surface area contributed by atoms with Gasteiger partial charge in [-0.1, -0.05) is 72.8 Å². The van der Waals surface area contributed by atoms with Crippen molar-refractivity contribution in [2.45, 2.75) is 0 Å². The second-order valence-corrected chi connectivity index (χ2v) is 10.6. The molecule has 0 aliphatic carbocycles. The molecule has 0 saturated heterocycles. The highest BCUT2D eigenvalue weighted by Gasteiger charge is 2.53. The summed E-state index contributed by atoms with van der Waals surface area (Å²) in [5, 5.41) is 1.86. The van der Waals surface area contributed by atoms with Crippen molar-refractivity contribution in [3.63, 3.8) is 0 Å². The zero-order valence-electron chi connectivity index (χ0n) is 21.2. The molecule has 7 rings (SSSR count). The van der Waals surface area contributed by atoms with E-state index >= 15 is 8.63 Å². The van der Waals surface area contributed by atoms with E-state index < -0.39 is 7.11 Å². The highest BCUT2D eigenvalue weighted by atomic mass is 32.1. The summed E-state index contributed by atoms with van der Waals surface area (Å²) >= 11 is 1.63. The molecule has 0 fully saturated rings. The average molecular weight is 545 g/mol. The van der Waals surface area contributed by atoms with Gasteiger partial charge >= 0.3 is 7.11 Å². The molecule has 3 nitrogen and oxygen atoms in total. The van der Waals surface area contributed by atoms with Gasteiger partial charge < -0.3 is 22.5 Å². The highest BCUT2D eigenvalue weighted by molar-refractivity contribution is 7.25. The van der Waals surface area contributed by atoms with Gasteiger partial charge in [0.2, 0.25) is 0 Å². The quantitative estimate of drug-likeness (QED) is 0.159. The Kier molecular flexibility index (Phi) is 5.94. The lowest BCUT2D eigenvalue weighted by molar-refractivity contribution is -0.183. The molecular weight excluding hydrogens is 523 g/mol. The van der Waals surface area contributed by atoms with Crippen LogP contribution in [0, 0.1) is 0 Å². The summed E-state index contributed by atoms with van der Waals surface area (Å²) in [7, 11) is -4.58. The molecule has 0 amide bonds. The van der Waals surface area contributed by atoms with E-state index in [1.807, 2.05) is 91.0 Å². The van der Waals surface area contributed by atoms with Crippen LogP contribution in [0.5, 0.6) is 0 Å². The molecule has 0 spiro atoms. The molecule has 5 aromatic carbocycles. The number of ketones is 1. The van der Waals surface area contributed by atoms with Crippen LogP contribution in [0.25, 0.3) is 25.9 Å². The molecule has 194 valence electrons. The Balaban J connectivity index is 1.51. The standard InChI is InChI=1S/C33H22BF2NO2S/c35-34(36)38-29(23-12-4-1-5-13-23)22-30(39-34)28-20-26(21-32-33(28)27-18-10-11-19-31(27)40-32)37(24-14-6-2-7-15-24)25-16-8-3-9-17-25/h1-22H. The molecule has 0 bridgehead atoms. The van der Waals surface area contributed by atoms with E-state index in [0.717, 1.165) is 37.2 Å². The molecule has 2 heterocycles. The van der Waals surface area contributed by atoms with Gasteiger partial charge in [-0.15, -0.1) is 11.3 Å². The van der Waals surface area contributed by atoms with Crippen molar-refractivity contribution >= 4 is 67.2 Å². The van der Waals surface area contributed by atoms with Crippen LogP contribution in [0.1, 0.15) is 15.5 Å². The topological polar surface area (TPSA) is 23.8 Å². The number of halogens is 2. The van der Waals surface area contributed by atoms with Crippen molar-refractivity contribution in [3.05, 3.63) is 145 Å². The molecule has 40 heavy (non-hydrogen) atoms. The first kappa shape index (κ1) is 24.3. The zero-order valence-corrected chi connectivity index (χ0v) is 22.0. The summed E-state index contributed by atoms with van der Waals surface area (Å²) in [5.41, 5.74) is 3.88. The van der Waals surface area contributed by atoms with Gasteiger partial charge in [-0.2, -0.15) is 0 Å². The Hall–Kier alpha value is -4.75. The maximum atomic E-state index is 15.1. The Morgan fingerprint density at radius 3 is 1.93 bits per heavy atom. The fourth-order valence-electron chi connectivity index (χ4n) is 5.17. The number of anilines is 3. The maximum Gasteiger partial charge on any atom is 0.995 e. The van der Waals surface area contributed by atoms with E-state index in [1.165, 1.54) is 0 Å². The third kappa shape index (κ3) is 4.44. The Labute approximate surface area is 234 Å². The van der Waals surface area contributed by atoms with Crippen molar-refractivity contribution in [1.82, 2.24) is 0 Å². The highest BCUT2D eigenvalue weighted by Crippen LogP contribution is 2.45. The van der Waals surface area contributed by atoms with Gasteiger partial charge in [0.25, 0.3) is 5.78 Å². The molecule has 0 unspecified atom stereocenters. The molecule has 7 heteroatoms. The maximum absolute atomic E-state index is 15.1. The number of para-hydroxylation sites is 2. The Morgan fingerprint density at radius 2 is 1.25 bits per heavy atom. The smallest absolute Gasteiger partial charge is 0.569 e. The first-order valence-electron chi connectivity index (χ1n) is 12.9. The Bertz CT molecular complexity index is 1870. The van der Waals surface area contributed by atoms with Crippen LogP contribution in [0.4, 0.5) is 25.7 Å². The van der Waals surface area contributed by atoms with Crippen LogP contribution < -0.4 is 4.90 Å². The number of hydrogen-bond acceptors (Lipinski definition) is 3. The molecule has 0 atom stereocenters. The van der Waals surface area contributed by atoms with Gasteiger partial charge in [0.15, 0.2) is 0 Å². The third-order valence-electron chi connectivity index (χ3n) is 6.86. The first-order valence-corrected chi connectivity index (χ1v) is 13.8. The van der Waals surface area contributed by atoms with E-state index in [1.54, 1.807) is 41.7 Å². The van der Waals surface area contributed by atoms with E-state index in [9.17, 15) is 0 Å². The number of allylic oxidation sites excluding steroid dienone is 1. The number of fused-ring (bicyclic) bond motifs is 3. The van der Waals surface area contributed by atoms with Crippen molar-refractivity contribution in [2.75, 3.05) is 4.90 Å². The van der Waals surface area contributed by atoms with E-state index in [2.05, 4.69) is 17.0 Å². The number of rotatable bonds is 5. The molecule has 6 aromatic rings. The van der Waals surface area contributed by atoms with Crippen molar-refractivity contribution < 1.29 is 17.6 Å². The van der Waals surface area contributed by atoms with Crippen LogP contribution >= 0.6 is 11.3 Å². The van der Waals surface area contributed by atoms with Crippen LogP contribution in [0.15, 0.2) is 133 Å². The van der Waals surface area contributed by atoms with Gasteiger partial charge in [-0.25, -0.2) is 0 Å². The summed E-state index contributed by atoms with van der Waals surface area (Å²) in [6, 6.07) is 41.0. The molecule has 1 aromatic heterocycles. The third-order valence-corrected chi connectivity index (χ3v) is 7.98. The molecule has 0 radical (unpaired) electrons. The van der Waals surface area contributed by atoms with E-state index in [0.29, 0.717) is 11.1 Å². The number of carbonyl (C=O) groups excluding carboxylic acids is 1. The average Bonchev–Trinajstić information content (AvgIpc) is 3.36. The van der Waals surface area contributed by atoms with E-state index in [-0.39, 0.29) is 11.5 Å². The monoisotopic (exact) mass is 545 g/mol. The normalized spacial score (nSPS) is 14.4. The summed E-state index contributed by atoms with van der Waals surface area (Å²) in [5.74, 6) is 0.152. The van der Waals surface area contributed by atoms with Crippen LogP contribution in [-0.4, -0.2) is 12.9 Å². The minimum Gasteiger partial charge on any atom is -0.569 e. The number of benzene rings is 5. The van der Waals surface area contributed by atoms with E-state index in [4.69, 9.17) is 9.00 Å². The minimum atomic E-state index is -4.58. The summed E-state index contributed by atoms with van der Waals surface area (Å²) < 4.78 is 42.5. The molecule has 0 N–H and O–H groups in total. The predicted molar refractivity (Wildman–Crippen MR) is 162 cm³/mol. The fourth-order valence-corrected chi connectivity index (χ4v) is 6.33. The van der Waals surface area contributed by atoms with Gasteiger partial charge in [-0.05, 0) is 54.6 Å².